The minimum absolute atomic E-state index is 0.00476. The lowest BCUT2D eigenvalue weighted by Gasteiger charge is -2.13. The van der Waals surface area contributed by atoms with E-state index in [1.165, 1.54) is 0 Å². The lowest BCUT2D eigenvalue weighted by molar-refractivity contribution is -0.121. The Morgan fingerprint density at radius 3 is 2.71 bits per heavy atom. The van der Waals surface area contributed by atoms with E-state index in [2.05, 4.69) is 36.4 Å². The fourth-order valence-electron chi connectivity index (χ4n) is 1.24. The van der Waals surface area contributed by atoms with Gasteiger partial charge in [0.15, 0.2) is 0 Å². The lowest BCUT2D eigenvalue weighted by atomic mass is 9.94. The van der Waals surface area contributed by atoms with E-state index >= 15 is 0 Å². The van der Waals surface area contributed by atoms with Gasteiger partial charge in [0.05, 0.1) is 12.7 Å². The van der Waals surface area contributed by atoms with Crippen LogP contribution in [0.4, 0.5) is 0 Å². The Morgan fingerprint density at radius 1 is 1.47 bits per heavy atom. The van der Waals surface area contributed by atoms with Gasteiger partial charge in [0, 0.05) is 18.4 Å². The summed E-state index contributed by atoms with van der Waals surface area (Å²) in [6.45, 7) is 7.19. The second-order valence-electron chi connectivity index (χ2n) is 5.00. The molecule has 0 aliphatic heterocycles. The standard InChI is InChI=1S/C12H21N3O2/c1-12(2,3)9-7-15-11(17-9)8-14-10(16)5-6-13-4/h7,13H,5-6,8H2,1-4H3,(H,14,16). The smallest absolute Gasteiger partial charge is 0.221 e. The van der Waals surface area contributed by atoms with Gasteiger partial charge in [-0.05, 0) is 7.05 Å². The van der Waals surface area contributed by atoms with Crippen LogP contribution in [0.1, 0.15) is 38.8 Å². The fraction of sp³-hybridized carbons (Fsp3) is 0.667. The van der Waals surface area contributed by atoms with Crippen molar-refractivity contribution < 1.29 is 9.21 Å². The maximum absolute atomic E-state index is 11.4. The molecule has 1 rings (SSSR count). The SMILES string of the molecule is CNCCC(=O)NCc1ncc(C(C)(C)C)o1. The number of hydrogen-bond acceptors (Lipinski definition) is 4. The van der Waals surface area contributed by atoms with Crippen molar-refractivity contribution in [2.45, 2.75) is 39.2 Å². The Kier molecular flexibility index (Phi) is 4.69. The van der Waals surface area contributed by atoms with Crippen LogP contribution >= 0.6 is 0 Å². The Labute approximate surface area is 102 Å². The minimum atomic E-state index is -0.0542. The molecular weight excluding hydrogens is 218 g/mol. The van der Waals surface area contributed by atoms with Gasteiger partial charge in [-0.3, -0.25) is 4.79 Å². The zero-order chi connectivity index (χ0) is 12.9. The molecule has 2 N–H and O–H groups in total. The van der Waals surface area contributed by atoms with Crippen LogP contribution in [0, 0.1) is 0 Å². The number of nitrogens with one attached hydrogen (secondary N) is 2. The van der Waals surface area contributed by atoms with Crippen molar-refractivity contribution in [1.82, 2.24) is 15.6 Å². The molecule has 0 unspecified atom stereocenters. The second-order valence-corrected chi connectivity index (χ2v) is 5.00. The van der Waals surface area contributed by atoms with E-state index in [1.54, 1.807) is 6.20 Å². The van der Waals surface area contributed by atoms with Crippen LogP contribution in [-0.2, 0) is 16.8 Å². The van der Waals surface area contributed by atoms with Gasteiger partial charge in [-0.2, -0.15) is 0 Å². The fourth-order valence-corrected chi connectivity index (χ4v) is 1.24. The van der Waals surface area contributed by atoms with Gasteiger partial charge in [0.25, 0.3) is 0 Å². The summed E-state index contributed by atoms with van der Waals surface area (Å²) in [5.41, 5.74) is -0.0542. The normalized spacial score (nSPS) is 11.5. The van der Waals surface area contributed by atoms with Gasteiger partial charge in [-0.1, -0.05) is 20.8 Å². The third kappa shape index (κ3) is 4.56. The van der Waals surface area contributed by atoms with Crippen molar-refractivity contribution in [2.75, 3.05) is 13.6 Å². The predicted molar refractivity (Wildman–Crippen MR) is 65.6 cm³/mol. The van der Waals surface area contributed by atoms with Crippen LogP contribution in [0.15, 0.2) is 10.6 Å². The Morgan fingerprint density at radius 2 is 2.18 bits per heavy atom. The monoisotopic (exact) mass is 239 g/mol. The van der Waals surface area contributed by atoms with Gasteiger partial charge in [-0.15, -0.1) is 0 Å². The van der Waals surface area contributed by atoms with Crippen LogP contribution in [0.2, 0.25) is 0 Å². The van der Waals surface area contributed by atoms with Gasteiger partial charge in [0.1, 0.15) is 5.76 Å². The molecule has 1 aromatic rings. The molecule has 0 aliphatic rings. The minimum Gasteiger partial charge on any atom is -0.443 e. The molecule has 1 heterocycles. The van der Waals surface area contributed by atoms with Crippen LogP contribution in [-0.4, -0.2) is 24.5 Å². The molecule has 0 aliphatic carbocycles. The predicted octanol–water partition coefficient (Wildman–Crippen LogP) is 1.20. The zero-order valence-electron chi connectivity index (χ0n) is 11.0. The Balaban J connectivity index is 2.42. The first-order chi connectivity index (χ1) is 7.93. The summed E-state index contributed by atoms with van der Waals surface area (Å²) in [4.78, 5) is 15.5. The highest BCUT2D eigenvalue weighted by atomic mass is 16.4. The average Bonchev–Trinajstić information content (AvgIpc) is 2.71. The lowest BCUT2D eigenvalue weighted by Crippen LogP contribution is -2.26. The molecule has 17 heavy (non-hydrogen) atoms. The van der Waals surface area contributed by atoms with E-state index in [4.69, 9.17) is 4.42 Å². The molecule has 0 saturated carbocycles. The van der Waals surface area contributed by atoms with E-state index < -0.39 is 0 Å². The summed E-state index contributed by atoms with van der Waals surface area (Å²) in [6, 6.07) is 0. The molecule has 0 radical (unpaired) electrons. The zero-order valence-corrected chi connectivity index (χ0v) is 11.0. The number of amides is 1. The number of carbonyl (C=O) groups excluding carboxylic acids is 1. The van der Waals surface area contributed by atoms with Crippen LogP contribution in [0.3, 0.4) is 0 Å². The van der Waals surface area contributed by atoms with E-state index in [9.17, 15) is 4.79 Å². The van der Waals surface area contributed by atoms with Gasteiger partial charge in [0.2, 0.25) is 11.8 Å². The highest BCUT2D eigenvalue weighted by Crippen LogP contribution is 2.22. The first-order valence-corrected chi connectivity index (χ1v) is 5.80. The summed E-state index contributed by atoms with van der Waals surface area (Å²) in [6.07, 6.45) is 2.18. The molecule has 0 spiro atoms. The van der Waals surface area contributed by atoms with Crippen LogP contribution in [0.25, 0.3) is 0 Å². The van der Waals surface area contributed by atoms with Crippen LogP contribution in [0.5, 0.6) is 0 Å². The molecule has 0 atom stereocenters. The first-order valence-electron chi connectivity index (χ1n) is 5.80. The average molecular weight is 239 g/mol. The number of aromatic nitrogens is 1. The van der Waals surface area contributed by atoms with E-state index in [0.717, 1.165) is 5.76 Å². The summed E-state index contributed by atoms with van der Waals surface area (Å²) < 4.78 is 5.56. The third-order valence-electron chi connectivity index (χ3n) is 2.33. The van der Waals surface area contributed by atoms with E-state index in [-0.39, 0.29) is 11.3 Å². The number of nitrogens with zero attached hydrogens (tertiary/aromatic N) is 1. The number of hydrogen-bond donors (Lipinski definition) is 2. The van der Waals surface area contributed by atoms with Crippen molar-refractivity contribution in [3.63, 3.8) is 0 Å². The van der Waals surface area contributed by atoms with Crippen molar-refractivity contribution in [3.05, 3.63) is 17.8 Å². The highest BCUT2D eigenvalue weighted by Gasteiger charge is 2.19. The molecule has 0 fully saturated rings. The number of oxazole rings is 1. The van der Waals surface area contributed by atoms with Crippen molar-refractivity contribution >= 4 is 5.91 Å². The van der Waals surface area contributed by atoms with Crippen LogP contribution < -0.4 is 10.6 Å². The largest absolute Gasteiger partial charge is 0.443 e. The van der Waals surface area contributed by atoms with Gasteiger partial charge < -0.3 is 15.1 Å². The van der Waals surface area contributed by atoms with Gasteiger partial charge >= 0.3 is 0 Å². The first kappa shape index (κ1) is 13.7. The van der Waals surface area contributed by atoms with Crippen molar-refractivity contribution in [3.8, 4) is 0 Å². The molecular formula is C12H21N3O2. The summed E-state index contributed by atoms with van der Waals surface area (Å²) in [7, 11) is 1.82. The maximum atomic E-state index is 11.4. The molecule has 0 bridgehead atoms. The van der Waals surface area contributed by atoms with Gasteiger partial charge in [-0.25, -0.2) is 4.98 Å². The molecule has 0 saturated heterocycles. The molecule has 1 aromatic heterocycles. The summed E-state index contributed by atoms with van der Waals surface area (Å²) >= 11 is 0. The van der Waals surface area contributed by atoms with Crippen molar-refractivity contribution in [1.29, 1.82) is 0 Å². The van der Waals surface area contributed by atoms with Crippen molar-refractivity contribution in [2.24, 2.45) is 0 Å². The molecule has 1 amide bonds. The third-order valence-corrected chi connectivity index (χ3v) is 2.33. The maximum Gasteiger partial charge on any atom is 0.221 e. The number of carbonyl (C=O) groups is 1. The quantitative estimate of drug-likeness (QED) is 0.810. The highest BCUT2D eigenvalue weighted by molar-refractivity contribution is 5.75. The molecule has 96 valence electrons. The summed E-state index contributed by atoms with van der Waals surface area (Å²) in [5, 5.41) is 5.68. The van der Waals surface area contributed by atoms with E-state index in [1.807, 2.05) is 7.05 Å². The summed E-state index contributed by atoms with van der Waals surface area (Å²) in [5.74, 6) is 1.37. The Bertz CT molecular complexity index is 366. The number of rotatable bonds is 5. The molecule has 5 heteroatoms. The molecule has 5 nitrogen and oxygen atoms in total. The topological polar surface area (TPSA) is 67.2 Å². The second kappa shape index (κ2) is 5.82. The molecule has 0 aromatic carbocycles. The Hall–Kier alpha value is -1.36. The van der Waals surface area contributed by atoms with E-state index in [0.29, 0.717) is 25.4 Å².